The van der Waals surface area contributed by atoms with Crippen molar-refractivity contribution in [3.8, 4) is 0 Å². The smallest absolute Gasteiger partial charge is 0.0794 e. The molecule has 1 nitrogen and oxygen atoms in total. The van der Waals surface area contributed by atoms with Gasteiger partial charge in [-0.1, -0.05) is 75.4 Å². The number of thiophene rings is 1. The Bertz CT molecular complexity index is 1040. The molecule has 1 aromatic heterocycles. The van der Waals surface area contributed by atoms with Gasteiger partial charge in [0.05, 0.1) is 6.04 Å². The molecular formula is C27H29NS. The summed E-state index contributed by atoms with van der Waals surface area (Å²) in [4.78, 5) is 5.44. The largest absolute Gasteiger partial charge is 0.332 e. The lowest BCUT2D eigenvalue weighted by Crippen LogP contribution is -2.22. The van der Waals surface area contributed by atoms with Crippen molar-refractivity contribution in [2.75, 3.05) is 4.90 Å². The van der Waals surface area contributed by atoms with Crippen LogP contribution in [0.4, 0.5) is 11.4 Å². The normalized spacial score (nSPS) is 18.8. The lowest BCUT2D eigenvalue weighted by Gasteiger charge is -2.31. The molecule has 0 N–H and O–H groups in total. The molecule has 2 atom stereocenters. The Hall–Kier alpha value is -2.58. The van der Waals surface area contributed by atoms with Crippen LogP contribution in [-0.4, -0.2) is 0 Å². The van der Waals surface area contributed by atoms with Crippen molar-refractivity contribution in [1.29, 1.82) is 0 Å². The second kappa shape index (κ2) is 8.42. The maximum atomic E-state index is 2.55. The first kappa shape index (κ1) is 19.7. The first-order valence-electron chi connectivity index (χ1n) is 10.7. The Kier molecular flexibility index (Phi) is 5.73. The predicted octanol–water partition coefficient (Wildman–Crippen LogP) is 8.51. The summed E-state index contributed by atoms with van der Waals surface area (Å²) in [5.41, 5.74) is 6.89. The van der Waals surface area contributed by atoms with Crippen molar-refractivity contribution in [3.05, 3.63) is 93.2 Å². The van der Waals surface area contributed by atoms with Crippen molar-refractivity contribution in [2.24, 2.45) is 0 Å². The van der Waals surface area contributed by atoms with Gasteiger partial charge in [0.1, 0.15) is 0 Å². The minimum absolute atomic E-state index is 0.345. The van der Waals surface area contributed by atoms with E-state index in [2.05, 4.69) is 97.6 Å². The standard InChI is InChI=1S/C25H23NS.C2H6/c1-3-4-14-23-17(2)19-15-16-21-20-12-8-9-13-22(20)26(24(21)25(19)27-23)18-10-6-5-7-11-18;1-2/h4-16,21,24H,3H2,1-2H3;1-2H3/b14-4-;. The van der Waals surface area contributed by atoms with E-state index in [1.165, 1.54) is 37.8 Å². The summed E-state index contributed by atoms with van der Waals surface area (Å²) in [6.45, 7) is 8.46. The van der Waals surface area contributed by atoms with Gasteiger partial charge in [-0.25, -0.2) is 0 Å². The topological polar surface area (TPSA) is 3.24 Å². The molecule has 1 aliphatic carbocycles. The van der Waals surface area contributed by atoms with Gasteiger partial charge in [-0.3, -0.25) is 0 Å². The summed E-state index contributed by atoms with van der Waals surface area (Å²) in [6, 6.07) is 20.1. The van der Waals surface area contributed by atoms with Gasteiger partial charge in [-0.05, 0) is 54.3 Å². The third-order valence-electron chi connectivity index (χ3n) is 5.71. The summed E-state index contributed by atoms with van der Waals surface area (Å²) in [7, 11) is 0. The number of anilines is 2. The maximum Gasteiger partial charge on any atom is 0.0794 e. The average Bonchev–Trinajstić information content (AvgIpc) is 3.29. The molecule has 0 spiro atoms. The van der Waals surface area contributed by atoms with E-state index in [9.17, 15) is 0 Å². The zero-order valence-corrected chi connectivity index (χ0v) is 18.5. The molecule has 29 heavy (non-hydrogen) atoms. The van der Waals surface area contributed by atoms with Gasteiger partial charge < -0.3 is 4.90 Å². The van der Waals surface area contributed by atoms with Gasteiger partial charge in [0.25, 0.3) is 0 Å². The fourth-order valence-electron chi connectivity index (χ4n) is 4.42. The van der Waals surface area contributed by atoms with Crippen molar-refractivity contribution < 1.29 is 0 Å². The summed E-state index contributed by atoms with van der Waals surface area (Å²) in [6.07, 6.45) is 10.4. The third-order valence-corrected chi connectivity index (χ3v) is 7.05. The molecule has 148 valence electrons. The molecule has 0 radical (unpaired) electrons. The Balaban J connectivity index is 0.000000994. The number of nitrogens with zero attached hydrogens (tertiary/aromatic N) is 1. The molecule has 0 amide bonds. The summed E-state index contributed by atoms with van der Waals surface area (Å²) >= 11 is 1.97. The number of benzene rings is 2. The summed E-state index contributed by atoms with van der Waals surface area (Å²) < 4.78 is 0. The van der Waals surface area contributed by atoms with Gasteiger partial charge in [0.2, 0.25) is 0 Å². The van der Waals surface area contributed by atoms with E-state index < -0.39 is 0 Å². The molecule has 2 heterocycles. The number of hydrogen-bond acceptors (Lipinski definition) is 2. The number of fused-ring (bicyclic) bond motifs is 5. The number of hydrogen-bond donors (Lipinski definition) is 0. The molecule has 2 unspecified atom stereocenters. The number of para-hydroxylation sites is 2. The SMILES string of the molecule is CC.CC/C=C\c1sc2c(c1C)C=CC1c3ccccc3N(c3ccccc3)C21. The minimum Gasteiger partial charge on any atom is -0.332 e. The lowest BCUT2D eigenvalue weighted by molar-refractivity contribution is 0.679. The number of allylic oxidation sites excluding steroid dienone is 1. The van der Waals surface area contributed by atoms with Crippen LogP contribution >= 0.6 is 11.3 Å². The fourth-order valence-corrected chi connectivity index (χ4v) is 5.79. The second-order valence-electron chi connectivity index (χ2n) is 7.27. The second-order valence-corrected chi connectivity index (χ2v) is 8.36. The van der Waals surface area contributed by atoms with Crippen LogP contribution in [0.3, 0.4) is 0 Å². The van der Waals surface area contributed by atoms with Gasteiger partial charge in [-0.2, -0.15) is 0 Å². The van der Waals surface area contributed by atoms with Crippen molar-refractivity contribution in [2.45, 2.75) is 46.1 Å². The fraction of sp³-hybridized carbons (Fsp3) is 0.259. The van der Waals surface area contributed by atoms with E-state index in [1.54, 1.807) is 0 Å². The van der Waals surface area contributed by atoms with Crippen molar-refractivity contribution in [3.63, 3.8) is 0 Å². The lowest BCUT2D eigenvalue weighted by atomic mass is 9.86. The Morgan fingerprint density at radius 3 is 2.48 bits per heavy atom. The third kappa shape index (κ3) is 3.26. The maximum absolute atomic E-state index is 2.55. The zero-order chi connectivity index (χ0) is 20.4. The average molecular weight is 400 g/mol. The van der Waals surface area contributed by atoms with E-state index in [0.29, 0.717) is 12.0 Å². The van der Waals surface area contributed by atoms with E-state index in [4.69, 9.17) is 0 Å². The predicted molar refractivity (Wildman–Crippen MR) is 129 cm³/mol. The highest BCUT2D eigenvalue weighted by atomic mass is 32.1. The Morgan fingerprint density at radius 1 is 1.00 bits per heavy atom. The van der Waals surface area contributed by atoms with E-state index in [-0.39, 0.29) is 0 Å². The highest BCUT2D eigenvalue weighted by Crippen LogP contribution is 2.57. The molecule has 3 aromatic rings. The monoisotopic (exact) mass is 399 g/mol. The van der Waals surface area contributed by atoms with Crippen LogP contribution in [0.15, 0.2) is 66.7 Å². The molecule has 0 saturated carbocycles. The van der Waals surface area contributed by atoms with Crippen LogP contribution in [0.5, 0.6) is 0 Å². The van der Waals surface area contributed by atoms with Gasteiger partial charge in [0.15, 0.2) is 0 Å². The summed E-state index contributed by atoms with van der Waals surface area (Å²) in [5.74, 6) is 0.412. The molecular weight excluding hydrogens is 370 g/mol. The first-order chi connectivity index (χ1) is 14.3. The Morgan fingerprint density at radius 2 is 1.72 bits per heavy atom. The molecule has 2 aromatic carbocycles. The molecule has 0 fully saturated rings. The number of rotatable bonds is 3. The molecule has 2 heteroatoms. The van der Waals surface area contributed by atoms with Crippen LogP contribution in [0.25, 0.3) is 12.2 Å². The molecule has 0 bridgehead atoms. The van der Waals surface area contributed by atoms with E-state index in [1.807, 2.05) is 25.2 Å². The van der Waals surface area contributed by atoms with Crippen LogP contribution in [0.2, 0.25) is 0 Å². The van der Waals surface area contributed by atoms with Gasteiger partial charge in [0, 0.05) is 27.0 Å². The first-order valence-corrected chi connectivity index (χ1v) is 11.5. The molecule has 2 aliphatic rings. The van der Waals surface area contributed by atoms with Crippen LogP contribution in [-0.2, 0) is 0 Å². The zero-order valence-electron chi connectivity index (χ0n) is 17.7. The van der Waals surface area contributed by atoms with Crippen LogP contribution in [0.1, 0.15) is 65.6 Å². The van der Waals surface area contributed by atoms with Gasteiger partial charge >= 0.3 is 0 Å². The van der Waals surface area contributed by atoms with Gasteiger partial charge in [-0.15, -0.1) is 11.3 Å². The molecule has 5 rings (SSSR count). The quantitative estimate of drug-likeness (QED) is 0.426. The minimum atomic E-state index is 0.345. The molecule has 0 saturated heterocycles. The van der Waals surface area contributed by atoms with Crippen LogP contribution in [0, 0.1) is 6.92 Å². The van der Waals surface area contributed by atoms with E-state index in [0.717, 1.165) is 6.42 Å². The van der Waals surface area contributed by atoms with Crippen LogP contribution < -0.4 is 4.90 Å². The highest BCUT2D eigenvalue weighted by molar-refractivity contribution is 7.13. The van der Waals surface area contributed by atoms with E-state index >= 15 is 0 Å². The van der Waals surface area contributed by atoms with Crippen molar-refractivity contribution in [1.82, 2.24) is 0 Å². The molecule has 1 aliphatic heterocycles. The Labute approximate surface area is 179 Å². The van der Waals surface area contributed by atoms with Crippen molar-refractivity contribution >= 4 is 34.9 Å². The summed E-state index contributed by atoms with van der Waals surface area (Å²) in [5, 5.41) is 0. The highest BCUT2D eigenvalue weighted by Gasteiger charge is 2.42.